The molecule has 2 atom stereocenters. The zero-order chi connectivity index (χ0) is 18.1. The summed E-state index contributed by atoms with van der Waals surface area (Å²) in [7, 11) is 0. The summed E-state index contributed by atoms with van der Waals surface area (Å²) >= 11 is 0. The van der Waals surface area contributed by atoms with Crippen LogP contribution in [0.4, 0.5) is 0 Å². The molecule has 1 aromatic carbocycles. The Balaban J connectivity index is 1.73. The first-order valence-electron chi connectivity index (χ1n) is 8.28. The van der Waals surface area contributed by atoms with Crippen LogP contribution in [0.2, 0.25) is 0 Å². The van der Waals surface area contributed by atoms with Crippen molar-refractivity contribution in [1.82, 2.24) is 0 Å². The molecule has 132 valence electrons. The van der Waals surface area contributed by atoms with Gasteiger partial charge in [0.1, 0.15) is 11.7 Å². The van der Waals surface area contributed by atoms with Crippen molar-refractivity contribution in [3.05, 3.63) is 45.3 Å². The summed E-state index contributed by atoms with van der Waals surface area (Å²) in [5.74, 6) is -1.04. The van der Waals surface area contributed by atoms with Crippen molar-refractivity contribution >= 4 is 22.9 Å². The Morgan fingerprint density at radius 1 is 1.28 bits per heavy atom. The van der Waals surface area contributed by atoms with Crippen LogP contribution in [0, 0.1) is 13.8 Å². The fourth-order valence-electron chi connectivity index (χ4n) is 3.05. The van der Waals surface area contributed by atoms with Gasteiger partial charge in [-0.2, -0.15) is 0 Å². The highest BCUT2D eigenvalue weighted by Crippen LogP contribution is 2.22. The molecule has 0 bridgehead atoms. The zero-order valence-corrected chi connectivity index (χ0v) is 14.5. The van der Waals surface area contributed by atoms with Crippen LogP contribution in [0.15, 0.2) is 27.4 Å². The maximum atomic E-state index is 12.2. The molecule has 2 aromatic rings. The number of ether oxygens (including phenoxy) is 2. The number of hydrogen-bond donors (Lipinski definition) is 0. The summed E-state index contributed by atoms with van der Waals surface area (Å²) in [4.78, 5) is 35.7. The van der Waals surface area contributed by atoms with Crippen LogP contribution >= 0.6 is 0 Å². The van der Waals surface area contributed by atoms with Gasteiger partial charge in [0.05, 0.1) is 0 Å². The van der Waals surface area contributed by atoms with Crippen molar-refractivity contribution in [3.8, 4) is 0 Å². The molecule has 25 heavy (non-hydrogen) atoms. The third kappa shape index (κ3) is 3.57. The van der Waals surface area contributed by atoms with E-state index in [2.05, 4.69) is 0 Å². The topological polar surface area (TPSA) is 82.8 Å². The van der Waals surface area contributed by atoms with Crippen LogP contribution in [0.1, 0.15) is 36.5 Å². The van der Waals surface area contributed by atoms with E-state index in [1.54, 1.807) is 6.92 Å². The van der Waals surface area contributed by atoms with E-state index in [0.717, 1.165) is 16.5 Å². The van der Waals surface area contributed by atoms with Crippen molar-refractivity contribution < 1.29 is 23.5 Å². The minimum Gasteiger partial charge on any atom is -0.460 e. The zero-order valence-electron chi connectivity index (χ0n) is 14.5. The van der Waals surface area contributed by atoms with E-state index in [4.69, 9.17) is 13.9 Å². The highest BCUT2D eigenvalue weighted by atomic mass is 16.6. The molecule has 0 saturated carbocycles. The molecule has 0 unspecified atom stereocenters. The molecule has 1 fully saturated rings. The lowest BCUT2D eigenvalue weighted by Gasteiger charge is -2.10. The van der Waals surface area contributed by atoms with Gasteiger partial charge in [0.25, 0.3) is 0 Å². The smallest absolute Gasteiger partial charge is 0.347 e. The number of esters is 2. The molecular weight excluding hydrogens is 324 g/mol. The van der Waals surface area contributed by atoms with Gasteiger partial charge in [0.15, 0.2) is 0 Å². The second-order valence-electron chi connectivity index (χ2n) is 6.45. The van der Waals surface area contributed by atoms with Gasteiger partial charge < -0.3 is 13.9 Å². The van der Waals surface area contributed by atoms with Gasteiger partial charge in [-0.15, -0.1) is 0 Å². The van der Waals surface area contributed by atoms with Crippen LogP contribution in [-0.4, -0.2) is 24.1 Å². The monoisotopic (exact) mass is 344 g/mol. The minimum atomic E-state index is -0.848. The predicted octanol–water partition coefficient (Wildman–Crippen LogP) is 2.59. The fourth-order valence-corrected chi connectivity index (χ4v) is 3.05. The molecule has 1 aliphatic rings. The van der Waals surface area contributed by atoms with Gasteiger partial charge in [-0.1, -0.05) is 12.1 Å². The van der Waals surface area contributed by atoms with Crippen molar-refractivity contribution in [2.24, 2.45) is 0 Å². The normalized spacial score (nSPS) is 19.9. The number of benzene rings is 1. The lowest BCUT2D eigenvalue weighted by Crippen LogP contribution is -2.23. The minimum absolute atomic E-state index is 0.00112. The van der Waals surface area contributed by atoms with Gasteiger partial charge in [0, 0.05) is 23.8 Å². The van der Waals surface area contributed by atoms with Crippen LogP contribution in [0.3, 0.4) is 0 Å². The van der Waals surface area contributed by atoms with E-state index in [0.29, 0.717) is 17.6 Å². The molecule has 0 aliphatic carbocycles. The van der Waals surface area contributed by atoms with Gasteiger partial charge in [-0.05, 0) is 44.4 Å². The molecule has 2 heterocycles. The Bertz CT molecular complexity index is 895. The van der Waals surface area contributed by atoms with Crippen molar-refractivity contribution in [2.75, 3.05) is 0 Å². The van der Waals surface area contributed by atoms with E-state index < -0.39 is 23.7 Å². The number of rotatable bonds is 4. The summed E-state index contributed by atoms with van der Waals surface area (Å²) in [6, 6.07) is 5.66. The maximum Gasteiger partial charge on any atom is 0.347 e. The van der Waals surface area contributed by atoms with E-state index >= 15 is 0 Å². The number of carbonyl (C=O) groups excluding carboxylic acids is 2. The van der Waals surface area contributed by atoms with Gasteiger partial charge in [-0.3, -0.25) is 4.79 Å². The maximum absolute atomic E-state index is 12.2. The van der Waals surface area contributed by atoms with Crippen LogP contribution in [-0.2, 0) is 25.5 Å². The third-order valence-corrected chi connectivity index (χ3v) is 4.42. The van der Waals surface area contributed by atoms with Gasteiger partial charge >= 0.3 is 17.6 Å². The lowest BCUT2D eigenvalue weighted by atomic mass is 10.0. The Kier molecular flexibility index (Phi) is 4.61. The van der Waals surface area contributed by atoms with Crippen LogP contribution < -0.4 is 5.63 Å². The summed E-state index contributed by atoms with van der Waals surface area (Å²) in [5.41, 5.74) is 2.35. The van der Waals surface area contributed by atoms with Gasteiger partial charge in [0.2, 0.25) is 6.10 Å². The Labute approximate surface area is 144 Å². The predicted molar refractivity (Wildman–Crippen MR) is 90.3 cm³/mol. The number of carbonyl (C=O) groups is 2. The quantitative estimate of drug-likeness (QED) is 0.626. The Hall–Kier alpha value is -2.63. The van der Waals surface area contributed by atoms with Crippen molar-refractivity contribution in [3.63, 3.8) is 0 Å². The Morgan fingerprint density at radius 2 is 2.04 bits per heavy atom. The second kappa shape index (κ2) is 6.70. The number of hydrogen-bond acceptors (Lipinski definition) is 6. The molecular formula is C19H20O6. The van der Waals surface area contributed by atoms with Crippen LogP contribution in [0.25, 0.3) is 11.0 Å². The highest BCUT2D eigenvalue weighted by Gasteiger charge is 2.34. The molecule has 0 amide bonds. The van der Waals surface area contributed by atoms with E-state index in [9.17, 15) is 14.4 Å². The highest BCUT2D eigenvalue weighted by molar-refractivity contribution is 5.82. The van der Waals surface area contributed by atoms with E-state index in [1.807, 2.05) is 32.0 Å². The van der Waals surface area contributed by atoms with E-state index in [1.165, 1.54) is 0 Å². The first kappa shape index (κ1) is 17.2. The molecule has 6 nitrogen and oxygen atoms in total. The van der Waals surface area contributed by atoms with Crippen molar-refractivity contribution in [2.45, 2.75) is 52.2 Å². The number of fused-ring (bicyclic) bond motifs is 1. The molecule has 0 radical (unpaired) electrons. The fraction of sp³-hybridized carbons (Fsp3) is 0.421. The summed E-state index contributed by atoms with van der Waals surface area (Å²) in [6.45, 7) is 5.51. The molecule has 1 aromatic heterocycles. The average Bonchev–Trinajstić information content (AvgIpc) is 2.84. The molecule has 1 aliphatic heterocycles. The first-order chi connectivity index (χ1) is 11.8. The second-order valence-corrected chi connectivity index (χ2v) is 6.45. The summed E-state index contributed by atoms with van der Waals surface area (Å²) in [6.07, 6.45) is -0.529. The number of aryl methyl sites for hydroxylation is 2. The lowest BCUT2D eigenvalue weighted by molar-refractivity contribution is -0.160. The largest absolute Gasteiger partial charge is 0.460 e. The number of cyclic esters (lactones) is 1. The first-order valence-corrected chi connectivity index (χ1v) is 8.28. The summed E-state index contributed by atoms with van der Waals surface area (Å²) < 4.78 is 15.5. The van der Waals surface area contributed by atoms with Gasteiger partial charge in [-0.25, -0.2) is 9.59 Å². The average molecular weight is 344 g/mol. The molecule has 1 saturated heterocycles. The third-order valence-electron chi connectivity index (χ3n) is 4.42. The standard InChI is InChI=1S/C19H20O6/c1-10-4-5-13-12(3)14(18(21)25-15(13)8-10)6-7-17(20)24-16-9-11(2)23-19(16)22/h4-5,8,11,16H,6-7,9H2,1-3H3/t11-,16+/m1/s1. The van der Waals surface area contributed by atoms with E-state index in [-0.39, 0.29) is 18.9 Å². The molecule has 3 rings (SSSR count). The van der Waals surface area contributed by atoms with Crippen LogP contribution in [0.5, 0.6) is 0 Å². The molecule has 0 N–H and O–H groups in total. The summed E-state index contributed by atoms with van der Waals surface area (Å²) in [5, 5.41) is 0.849. The molecule has 6 heteroatoms. The van der Waals surface area contributed by atoms with Crippen molar-refractivity contribution in [1.29, 1.82) is 0 Å². The SMILES string of the molecule is Cc1ccc2c(C)c(CCC(=O)O[C@H]3C[C@@H](C)OC3=O)c(=O)oc2c1. The molecule has 0 spiro atoms. The Morgan fingerprint density at radius 3 is 2.72 bits per heavy atom.